The van der Waals surface area contributed by atoms with Gasteiger partial charge in [0, 0.05) is 16.3 Å². The molecule has 5 heteroatoms. The molecule has 4 N–H and O–H groups in total. The van der Waals surface area contributed by atoms with Gasteiger partial charge < -0.3 is 15.9 Å². The van der Waals surface area contributed by atoms with E-state index in [1.54, 1.807) is 6.07 Å². The number of aromatic hydroxyl groups is 1. The second-order valence-corrected chi connectivity index (χ2v) is 4.22. The van der Waals surface area contributed by atoms with Gasteiger partial charge in [0.1, 0.15) is 5.75 Å². The minimum Gasteiger partial charge on any atom is -0.508 e. The van der Waals surface area contributed by atoms with E-state index in [1.165, 1.54) is 30.3 Å². The molecule has 92 valence electrons. The van der Waals surface area contributed by atoms with Crippen molar-refractivity contribution in [2.45, 2.75) is 0 Å². The normalized spacial score (nSPS) is 10.3. The first kappa shape index (κ1) is 12.3. The molecule has 2 aromatic carbocycles. The Bertz CT molecular complexity index is 626. The van der Waals surface area contributed by atoms with Crippen LogP contribution < -0.4 is 5.73 Å². The number of phenols is 1. The number of anilines is 1. The van der Waals surface area contributed by atoms with E-state index >= 15 is 0 Å². The van der Waals surface area contributed by atoms with E-state index < -0.39 is 5.97 Å². The van der Waals surface area contributed by atoms with Crippen molar-refractivity contribution >= 4 is 23.3 Å². The van der Waals surface area contributed by atoms with Crippen LogP contribution in [0, 0.1) is 0 Å². The number of hydrogen-bond donors (Lipinski definition) is 3. The molecule has 0 aliphatic rings. The van der Waals surface area contributed by atoms with Gasteiger partial charge in [0.2, 0.25) is 0 Å². The van der Waals surface area contributed by atoms with Gasteiger partial charge in [0.25, 0.3) is 0 Å². The number of carboxylic acid groups (broad SMARTS) is 1. The minimum absolute atomic E-state index is 0.0497. The van der Waals surface area contributed by atoms with Gasteiger partial charge in [-0.25, -0.2) is 4.79 Å². The van der Waals surface area contributed by atoms with Crippen molar-refractivity contribution in [2.24, 2.45) is 0 Å². The SMILES string of the molecule is Nc1cc(C(=O)O)cc(-c2cc(O)ccc2Cl)c1. The molecule has 0 aliphatic carbocycles. The number of rotatable bonds is 2. The molecule has 0 aromatic heterocycles. The summed E-state index contributed by atoms with van der Waals surface area (Å²) in [6, 6.07) is 8.88. The second kappa shape index (κ2) is 4.58. The lowest BCUT2D eigenvalue weighted by molar-refractivity contribution is 0.0697. The summed E-state index contributed by atoms with van der Waals surface area (Å²) in [7, 11) is 0. The zero-order chi connectivity index (χ0) is 13.3. The number of benzene rings is 2. The Morgan fingerprint density at radius 3 is 2.56 bits per heavy atom. The fourth-order valence-electron chi connectivity index (χ4n) is 1.67. The number of phenolic OH excluding ortho intramolecular Hbond substituents is 1. The van der Waals surface area contributed by atoms with Crippen LogP contribution in [0.1, 0.15) is 10.4 Å². The number of aromatic carboxylic acids is 1. The molecule has 0 saturated heterocycles. The maximum absolute atomic E-state index is 11.0. The minimum atomic E-state index is -1.07. The molecule has 2 rings (SSSR count). The molecule has 0 unspecified atom stereocenters. The Morgan fingerprint density at radius 2 is 1.89 bits per heavy atom. The summed E-state index contributed by atoms with van der Waals surface area (Å²) in [4.78, 5) is 11.0. The van der Waals surface area contributed by atoms with Crippen LogP contribution in [0.25, 0.3) is 11.1 Å². The molecular formula is C13H10ClNO3. The highest BCUT2D eigenvalue weighted by molar-refractivity contribution is 6.33. The highest BCUT2D eigenvalue weighted by Gasteiger charge is 2.10. The topological polar surface area (TPSA) is 83.6 Å². The average Bonchev–Trinajstić information content (AvgIpc) is 2.31. The highest BCUT2D eigenvalue weighted by Crippen LogP contribution is 2.32. The van der Waals surface area contributed by atoms with Gasteiger partial charge in [-0.05, 0) is 42.0 Å². The van der Waals surface area contributed by atoms with E-state index in [4.69, 9.17) is 22.4 Å². The van der Waals surface area contributed by atoms with Crippen LogP contribution in [0.2, 0.25) is 5.02 Å². The lowest BCUT2D eigenvalue weighted by atomic mass is 10.0. The molecule has 0 bridgehead atoms. The van der Waals surface area contributed by atoms with Crippen molar-refractivity contribution in [1.29, 1.82) is 0 Å². The number of carboxylic acids is 1. The predicted molar refractivity (Wildman–Crippen MR) is 69.9 cm³/mol. The zero-order valence-corrected chi connectivity index (χ0v) is 9.98. The molecule has 0 amide bonds. The van der Waals surface area contributed by atoms with Crippen molar-refractivity contribution in [3.05, 3.63) is 47.0 Å². The first-order valence-corrected chi connectivity index (χ1v) is 5.48. The van der Waals surface area contributed by atoms with Gasteiger partial charge in [-0.15, -0.1) is 0 Å². The van der Waals surface area contributed by atoms with E-state index in [1.807, 2.05) is 0 Å². The Balaban J connectivity index is 2.63. The number of carbonyl (C=O) groups is 1. The Hall–Kier alpha value is -2.20. The maximum Gasteiger partial charge on any atom is 0.335 e. The van der Waals surface area contributed by atoms with Gasteiger partial charge in [-0.1, -0.05) is 11.6 Å². The molecular weight excluding hydrogens is 254 g/mol. The summed E-state index contributed by atoms with van der Waals surface area (Å²) < 4.78 is 0. The van der Waals surface area contributed by atoms with Crippen molar-refractivity contribution in [3.8, 4) is 16.9 Å². The van der Waals surface area contributed by atoms with Crippen LogP contribution in [0.4, 0.5) is 5.69 Å². The maximum atomic E-state index is 11.0. The van der Waals surface area contributed by atoms with Crippen LogP contribution in [0.3, 0.4) is 0 Å². The summed E-state index contributed by atoms with van der Waals surface area (Å²) in [5.41, 5.74) is 7.13. The van der Waals surface area contributed by atoms with E-state index in [0.29, 0.717) is 21.8 Å². The Labute approximate surface area is 108 Å². The van der Waals surface area contributed by atoms with Gasteiger partial charge in [0.15, 0.2) is 0 Å². The Morgan fingerprint density at radius 1 is 1.17 bits per heavy atom. The molecule has 0 atom stereocenters. The van der Waals surface area contributed by atoms with E-state index in [9.17, 15) is 9.90 Å². The summed E-state index contributed by atoms with van der Waals surface area (Å²) >= 11 is 6.02. The Kier molecular flexibility index (Phi) is 3.12. The van der Waals surface area contributed by atoms with Crippen LogP contribution in [0.15, 0.2) is 36.4 Å². The molecule has 0 saturated carbocycles. The first-order chi connectivity index (χ1) is 8.47. The molecule has 0 aliphatic heterocycles. The van der Waals surface area contributed by atoms with Crippen molar-refractivity contribution in [1.82, 2.24) is 0 Å². The molecule has 4 nitrogen and oxygen atoms in total. The molecule has 0 radical (unpaired) electrons. The summed E-state index contributed by atoms with van der Waals surface area (Å²) in [5.74, 6) is -1.02. The van der Waals surface area contributed by atoms with E-state index in [2.05, 4.69) is 0 Å². The quantitative estimate of drug-likeness (QED) is 0.727. The van der Waals surface area contributed by atoms with Gasteiger partial charge in [-0.2, -0.15) is 0 Å². The monoisotopic (exact) mass is 263 g/mol. The fourth-order valence-corrected chi connectivity index (χ4v) is 1.89. The van der Waals surface area contributed by atoms with Crippen LogP contribution in [0.5, 0.6) is 5.75 Å². The van der Waals surface area contributed by atoms with Gasteiger partial charge in [0.05, 0.1) is 5.56 Å². The van der Waals surface area contributed by atoms with Crippen molar-refractivity contribution in [2.75, 3.05) is 5.73 Å². The van der Waals surface area contributed by atoms with Gasteiger partial charge >= 0.3 is 5.97 Å². The standard InChI is InChI=1S/C13H10ClNO3/c14-12-2-1-10(16)6-11(12)7-3-8(13(17)18)5-9(15)4-7/h1-6,16H,15H2,(H,17,18). The second-order valence-electron chi connectivity index (χ2n) is 3.81. The zero-order valence-electron chi connectivity index (χ0n) is 9.22. The molecule has 0 spiro atoms. The van der Waals surface area contributed by atoms with E-state index in [-0.39, 0.29) is 11.3 Å². The van der Waals surface area contributed by atoms with Crippen molar-refractivity contribution in [3.63, 3.8) is 0 Å². The third-order valence-corrected chi connectivity index (χ3v) is 2.79. The summed E-state index contributed by atoms with van der Waals surface area (Å²) in [6.45, 7) is 0. The largest absolute Gasteiger partial charge is 0.508 e. The summed E-state index contributed by atoms with van der Waals surface area (Å²) in [5, 5.41) is 18.8. The third kappa shape index (κ3) is 2.38. The first-order valence-electron chi connectivity index (χ1n) is 5.10. The predicted octanol–water partition coefficient (Wildman–Crippen LogP) is 2.99. The number of halogens is 1. The van der Waals surface area contributed by atoms with Crippen LogP contribution in [-0.4, -0.2) is 16.2 Å². The highest BCUT2D eigenvalue weighted by atomic mass is 35.5. The average molecular weight is 264 g/mol. The molecule has 0 heterocycles. The lowest BCUT2D eigenvalue weighted by Crippen LogP contribution is -1.98. The smallest absolute Gasteiger partial charge is 0.335 e. The lowest BCUT2D eigenvalue weighted by Gasteiger charge is -2.08. The fraction of sp³-hybridized carbons (Fsp3) is 0. The van der Waals surface area contributed by atoms with Crippen LogP contribution in [-0.2, 0) is 0 Å². The van der Waals surface area contributed by atoms with Crippen molar-refractivity contribution < 1.29 is 15.0 Å². The van der Waals surface area contributed by atoms with E-state index in [0.717, 1.165) is 0 Å². The number of nitrogen functional groups attached to an aromatic ring is 1. The number of hydrogen-bond acceptors (Lipinski definition) is 3. The van der Waals surface area contributed by atoms with Crippen LogP contribution >= 0.6 is 11.6 Å². The third-order valence-electron chi connectivity index (χ3n) is 2.46. The van der Waals surface area contributed by atoms with Gasteiger partial charge in [-0.3, -0.25) is 0 Å². The number of nitrogens with two attached hydrogens (primary N) is 1. The molecule has 0 fully saturated rings. The molecule has 18 heavy (non-hydrogen) atoms. The summed E-state index contributed by atoms with van der Waals surface area (Å²) in [6.07, 6.45) is 0. The molecule has 2 aromatic rings.